The lowest BCUT2D eigenvalue weighted by Crippen LogP contribution is -2.32. The Kier molecular flexibility index (Phi) is 4.59. The van der Waals surface area contributed by atoms with Gasteiger partial charge in [-0.25, -0.2) is 4.98 Å². The van der Waals surface area contributed by atoms with Gasteiger partial charge >= 0.3 is 0 Å². The lowest BCUT2D eigenvalue weighted by Gasteiger charge is -2.07. The van der Waals surface area contributed by atoms with Crippen LogP contribution in [0.25, 0.3) is 20.7 Å². The van der Waals surface area contributed by atoms with E-state index < -0.39 is 0 Å². The Morgan fingerprint density at radius 2 is 2.15 bits per heavy atom. The lowest BCUT2D eigenvalue weighted by molar-refractivity contribution is -0.121. The fourth-order valence-corrected chi connectivity index (χ4v) is 4.33. The molecule has 0 unspecified atom stereocenters. The van der Waals surface area contributed by atoms with Crippen molar-refractivity contribution in [3.05, 3.63) is 69.7 Å². The minimum Gasteiger partial charge on any atom is -0.350 e. The van der Waals surface area contributed by atoms with E-state index in [4.69, 9.17) is 0 Å². The number of aromatic nitrogens is 3. The van der Waals surface area contributed by atoms with E-state index in [1.165, 1.54) is 22.2 Å². The van der Waals surface area contributed by atoms with Gasteiger partial charge in [-0.1, -0.05) is 12.1 Å². The quantitative estimate of drug-likeness (QED) is 0.576. The van der Waals surface area contributed by atoms with E-state index in [0.29, 0.717) is 16.8 Å². The number of hydrogen-bond donors (Lipinski definition) is 1. The first kappa shape index (κ1) is 16.6. The number of thiophene rings is 2. The van der Waals surface area contributed by atoms with Gasteiger partial charge in [0.05, 0.1) is 11.7 Å². The summed E-state index contributed by atoms with van der Waals surface area (Å²) < 4.78 is 1.35. The van der Waals surface area contributed by atoms with E-state index in [0.717, 1.165) is 16.0 Å². The molecule has 4 aromatic heterocycles. The van der Waals surface area contributed by atoms with Crippen molar-refractivity contribution in [3.8, 4) is 10.4 Å². The highest BCUT2D eigenvalue weighted by Crippen LogP contribution is 2.33. The Balaban J connectivity index is 1.57. The zero-order valence-electron chi connectivity index (χ0n) is 13.6. The van der Waals surface area contributed by atoms with Gasteiger partial charge < -0.3 is 5.32 Å². The number of fused-ring (bicyclic) bond motifs is 1. The molecule has 4 aromatic rings. The van der Waals surface area contributed by atoms with Crippen molar-refractivity contribution in [1.29, 1.82) is 0 Å². The molecule has 26 heavy (non-hydrogen) atoms. The predicted molar refractivity (Wildman–Crippen MR) is 103 cm³/mol. The van der Waals surface area contributed by atoms with Crippen molar-refractivity contribution in [2.45, 2.75) is 13.1 Å². The van der Waals surface area contributed by atoms with Crippen molar-refractivity contribution < 1.29 is 4.79 Å². The Bertz CT molecular complexity index is 1100. The first-order valence-corrected chi connectivity index (χ1v) is 9.64. The maximum absolute atomic E-state index is 12.9. The molecule has 1 amide bonds. The number of carbonyl (C=O) groups excluding carboxylic acids is 1. The van der Waals surface area contributed by atoms with Gasteiger partial charge in [-0.3, -0.25) is 19.1 Å². The minimum absolute atomic E-state index is 0.0677. The van der Waals surface area contributed by atoms with Crippen LogP contribution in [0.1, 0.15) is 5.56 Å². The number of rotatable bonds is 5. The van der Waals surface area contributed by atoms with Gasteiger partial charge in [-0.2, -0.15) is 0 Å². The second kappa shape index (κ2) is 7.19. The second-order valence-electron chi connectivity index (χ2n) is 5.62. The molecule has 4 rings (SSSR count). The van der Waals surface area contributed by atoms with Crippen LogP contribution in [0.15, 0.2) is 58.5 Å². The van der Waals surface area contributed by atoms with Gasteiger partial charge in [-0.05, 0) is 23.1 Å². The summed E-state index contributed by atoms with van der Waals surface area (Å²) in [5.74, 6) is -0.245. The molecule has 8 heteroatoms. The molecule has 0 aromatic carbocycles. The molecule has 0 saturated carbocycles. The summed E-state index contributed by atoms with van der Waals surface area (Å²) >= 11 is 3.01. The van der Waals surface area contributed by atoms with Crippen molar-refractivity contribution in [3.63, 3.8) is 0 Å². The highest BCUT2D eigenvalue weighted by Gasteiger charge is 2.15. The molecule has 4 heterocycles. The molecule has 1 N–H and O–H groups in total. The molecule has 0 atom stereocenters. The van der Waals surface area contributed by atoms with Gasteiger partial charge in [0.1, 0.15) is 11.4 Å². The first-order valence-electron chi connectivity index (χ1n) is 7.88. The highest BCUT2D eigenvalue weighted by molar-refractivity contribution is 7.18. The molecule has 0 spiro atoms. The third-order valence-corrected chi connectivity index (χ3v) is 5.66. The topological polar surface area (TPSA) is 76.9 Å². The summed E-state index contributed by atoms with van der Waals surface area (Å²) in [4.78, 5) is 35.1. The molecular formula is C18H14N4O2S2. The Morgan fingerprint density at radius 1 is 1.23 bits per heavy atom. The van der Waals surface area contributed by atoms with E-state index in [1.54, 1.807) is 23.7 Å². The van der Waals surface area contributed by atoms with Crippen LogP contribution < -0.4 is 10.9 Å². The van der Waals surface area contributed by atoms with Crippen LogP contribution in [0, 0.1) is 0 Å². The predicted octanol–water partition coefficient (Wildman–Crippen LogP) is 2.90. The number of carbonyl (C=O) groups is 1. The molecule has 130 valence electrons. The van der Waals surface area contributed by atoms with Crippen molar-refractivity contribution >= 4 is 38.8 Å². The maximum atomic E-state index is 12.9. The molecule has 0 radical (unpaired) electrons. The van der Waals surface area contributed by atoms with Crippen LogP contribution >= 0.6 is 22.7 Å². The number of hydrogen-bond acceptors (Lipinski definition) is 6. The highest BCUT2D eigenvalue weighted by atomic mass is 32.1. The molecule has 0 aliphatic rings. The lowest BCUT2D eigenvalue weighted by atomic mass is 10.2. The number of pyridine rings is 1. The normalized spacial score (nSPS) is 10.9. The molecule has 0 saturated heterocycles. The van der Waals surface area contributed by atoms with E-state index in [2.05, 4.69) is 15.3 Å². The van der Waals surface area contributed by atoms with Crippen LogP contribution in [-0.4, -0.2) is 20.4 Å². The zero-order valence-corrected chi connectivity index (χ0v) is 15.2. The van der Waals surface area contributed by atoms with Crippen LogP contribution in [0.3, 0.4) is 0 Å². The summed E-state index contributed by atoms with van der Waals surface area (Å²) in [6, 6.07) is 7.62. The second-order valence-corrected chi connectivity index (χ2v) is 7.43. The average Bonchev–Trinajstić information content (AvgIpc) is 3.32. The van der Waals surface area contributed by atoms with Gasteiger partial charge in [0, 0.05) is 34.8 Å². The number of nitrogens with one attached hydrogen (secondary N) is 1. The summed E-state index contributed by atoms with van der Waals surface area (Å²) in [5, 5.41) is 7.28. The molecule has 0 fully saturated rings. The Hall–Kier alpha value is -2.84. The van der Waals surface area contributed by atoms with E-state index in [9.17, 15) is 9.59 Å². The van der Waals surface area contributed by atoms with Crippen molar-refractivity contribution in [1.82, 2.24) is 19.9 Å². The maximum Gasteiger partial charge on any atom is 0.263 e. The van der Waals surface area contributed by atoms with Crippen LogP contribution in [-0.2, 0) is 17.9 Å². The van der Waals surface area contributed by atoms with E-state index in [-0.39, 0.29) is 18.0 Å². The summed E-state index contributed by atoms with van der Waals surface area (Å²) in [6.45, 7) is 0.303. The third kappa shape index (κ3) is 3.29. The van der Waals surface area contributed by atoms with Crippen LogP contribution in [0.5, 0.6) is 0 Å². The zero-order chi connectivity index (χ0) is 17.9. The monoisotopic (exact) mass is 382 g/mol. The van der Waals surface area contributed by atoms with Crippen molar-refractivity contribution in [2.24, 2.45) is 0 Å². The smallest absolute Gasteiger partial charge is 0.263 e. The van der Waals surface area contributed by atoms with Gasteiger partial charge in [-0.15, -0.1) is 22.7 Å². The fraction of sp³-hybridized carbons (Fsp3) is 0.111. The third-order valence-electron chi connectivity index (χ3n) is 3.87. The van der Waals surface area contributed by atoms with Crippen molar-refractivity contribution in [2.75, 3.05) is 0 Å². The Morgan fingerprint density at radius 3 is 2.92 bits per heavy atom. The number of amides is 1. The van der Waals surface area contributed by atoms with Gasteiger partial charge in [0.25, 0.3) is 5.56 Å². The molecule has 0 aliphatic heterocycles. The first-order chi connectivity index (χ1) is 12.7. The summed E-state index contributed by atoms with van der Waals surface area (Å²) in [6.07, 6.45) is 4.81. The molecule has 0 aliphatic carbocycles. The fourth-order valence-electron chi connectivity index (χ4n) is 2.61. The SMILES string of the molecule is O=C(Cn1cnc2scc(-c3cccs3)c2c1=O)NCc1cccnc1. The van der Waals surface area contributed by atoms with E-state index >= 15 is 0 Å². The average molecular weight is 382 g/mol. The van der Waals surface area contributed by atoms with Crippen LogP contribution in [0.4, 0.5) is 0 Å². The molecular weight excluding hydrogens is 368 g/mol. The summed E-state index contributed by atoms with van der Waals surface area (Å²) in [7, 11) is 0. The molecule has 0 bridgehead atoms. The van der Waals surface area contributed by atoms with Gasteiger partial charge in [0.2, 0.25) is 5.91 Å². The minimum atomic E-state index is -0.245. The largest absolute Gasteiger partial charge is 0.350 e. The van der Waals surface area contributed by atoms with E-state index in [1.807, 2.05) is 35.0 Å². The number of nitrogens with zero attached hydrogens (tertiary/aromatic N) is 3. The van der Waals surface area contributed by atoms with Gasteiger partial charge in [0.15, 0.2) is 0 Å². The standard InChI is InChI=1S/C18H14N4O2S2/c23-15(20-8-12-3-1-5-19-7-12)9-22-11-21-17-16(18(22)24)13(10-26-17)14-4-2-6-25-14/h1-7,10-11H,8-9H2,(H,20,23). The summed E-state index contributed by atoms with van der Waals surface area (Å²) in [5.41, 5.74) is 1.58. The van der Waals surface area contributed by atoms with Crippen LogP contribution in [0.2, 0.25) is 0 Å². The Labute approximate surface area is 156 Å². The molecule has 6 nitrogen and oxygen atoms in total.